The van der Waals surface area contributed by atoms with Crippen molar-refractivity contribution in [3.63, 3.8) is 0 Å². The molecule has 0 radical (unpaired) electrons. The van der Waals surface area contributed by atoms with Crippen LogP contribution in [0.3, 0.4) is 0 Å². The van der Waals surface area contributed by atoms with Gasteiger partial charge in [0.15, 0.2) is 0 Å². The lowest BCUT2D eigenvalue weighted by Gasteiger charge is -2.45. The van der Waals surface area contributed by atoms with Crippen LogP contribution < -0.4 is 5.32 Å². The van der Waals surface area contributed by atoms with Crippen LogP contribution in [0.4, 0.5) is 0 Å². The van der Waals surface area contributed by atoms with E-state index in [0.29, 0.717) is 29.7 Å². The zero-order chi connectivity index (χ0) is 22.5. The largest absolute Gasteiger partial charge is 0.351 e. The van der Waals surface area contributed by atoms with Crippen LogP contribution in [0.2, 0.25) is 5.02 Å². The average Bonchev–Trinajstić information content (AvgIpc) is 3.36. The van der Waals surface area contributed by atoms with Gasteiger partial charge in [-0.3, -0.25) is 9.59 Å². The molecule has 5 rings (SSSR count). The molecule has 1 fully saturated rings. The molecule has 3 heterocycles. The number of halogens is 1. The second kappa shape index (κ2) is 8.23. The molecule has 1 aromatic carbocycles. The molecule has 5 nitrogen and oxygen atoms in total. The van der Waals surface area contributed by atoms with Gasteiger partial charge in [0, 0.05) is 17.6 Å². The SMILES string of the molecule is CC1CCC(NC(=O)[C@]2(C)Cn3c(cc4sccc43)C(=O)N2Cc2ccc(Cl)cc2)CC1. The van der Waals surface area contributed by atoms with Crippen molar-refractivity contribution in [2.75, 3.05) is 0 Å². The molecule has 2 aliphatic rings. The fourth-order valence-corrected chi connectivity index (χ4v) is 5.99. The summed E-state index contributed by atoms with van der Waals surface area (Å²) in [5.41, 5.74) is 1.64. The fourth-order valence-electron chi connectivity index (χ4n) is 5.04. The van der Waals surface area contributed by atoms with Gasteiger partial charge in [-0.15, -0.1) is 11.3 Å². The Labute approximate surface area is 197 Å². The summed E-state index contributed by atoms with van der Waals surface area (Å²) in [5, 5.41) is 5.98. The van der Waals surface area contributed by atoms with Crippen molar-refractivity contribution in [1.29, 1.82) is 0 Å². The number of fused-ring (bicyclic) bond motifs is 3. The van der Waals surface area contributed by atoms with Crippen LogP contribution in [-0.4, -0.2) is 32.9 Å². The molecule has 1 atom stereocenters. The van der Waals surface area contributed by atoms with Crippen LogP contribution in [0.25, 0.3) is 10.2 Å². The zero-order valence-corrected chi connectivity index (χ0v) is 20.0. The third-order valence-corrected chi connectivity index (χ3v) is 8.25. The number of carbonyl (C=O) groups excluding carboxylic acids is 2. The van der Waals surface area contributed by atoms with Crippen LogP contribution >= 0.6 is 22.9 Å². The normalized spacial score (nSPS) is 25.7. The maximum atomic E-state index is 13.7. The Hall–Kier alpha value is -2.31. The van der Waals surface area contributed by atoms with E-state index < -0.39 is 5.54 Å². The van der Waals surface area contributed by atoms with Crippen molar-refractivity contribution in [3.8, 4) is 0 Å². The van der Waals surface area contributed by atoms with E-state index in [4.69, 9.17) is 11.6 Å². The lowest BCUT2D eigenvalue weighted by molar-refractivity contribution is -0.134. The predicted octanol–water partition coefficient (Wildman–Crippen LogP) is 5.47. The molecular formula is C25H28ClN3O2S. The van der Waals surface area contributed by atoms with Crippen LogP contribution in [-0.2, 0) is 17.9 Å². The summed E-state index contributed by atoms with van der Waals surface area (Å²) in [6.45, 7) is 4.98. The number of nitrogens with one attached hydrogen (secondary N) is 1. The van der Waals surface area contributed by atoms with Crippen LogP contribution in [0.1, 0.15) is 55.6 Å². The Bertz CT molecular complexity index is 1160. The molecule has 7 heteroatoms. The van der Waals surface area contributed by atoms with E-state index in [1.54, 1.807) is 16.2 Å². The van der Waals surface area contributed by atoms with Gasteiger partial charge in [0.1, 0.15) is 11.2 Å². The number of carbonyl (C=O) groups is 2. The minimum atomic E-state index is -0.985. The summed E-state index contributed by atoms with van der Waals surface area (Å²) in [4.78, 5) is 29.2. The second-order valence-corrected chi connectivity index (χ2v) is 10.9. The van der Waals surface area contributed by atoms with Gasteiger partial charge in [-0.05, 0) is 73.7 Å². The van der Waals surface area contributed by atoms with E-state index in [-0.39, 0.29) is 17.9 Å². The highest BCUT2D eigenvalue weighted by Gasteiger charge is 2.48. The Morgan fingerprint density at radius 1 is 1.19 bits per heavy atom. The summed E-state index contributed by atoms with van der Waals surface area (Å²) in [7, 11) is 0. The van der Waals surface area contributed by atoms with E-state index in [1.807, 2.05) is 53.3 Å². The van der Waals surface area contributed by atoms with E-state index in [0.717, 1.165) is 41.5 Å². The lowest BCUT2D eigenvalue weighted by Crippen LogP contribution is -2.64. The van der Waals surface area contributed by atoms with Crippen molar-refractivity contribution < 1.29 is 9.59 Å². The molecule has 0 bridgehead atoms. The molecule has 3 aromatic rings. The highest BCUT2D eigenvalue weighted by molar-refractivity contribution is 7.17. The average molecular weight is 470 g/mol. The van der Waals surface area contributed by atoms with Gasteiger partial charge in [0.25, 0.3) is 5.91 Å². The lowest BCUT2D eigenvalue weighted by atomic mass is 9.86. The van der Waals surface area contributed by atoms with E-state index >= 15 is 0 Å². The molecule has 1 saturated carbocycles. The minimum Gasteiger partial charge on any atom is -0.351 e. The Kier molecular flexibility index (Phi) is 5.54. The number of aromatic nitrogens is 1. The molecule has 0 spiro atoms. The first kappa shape index (κ1) is 21.5. The second-order valence-electron chi connectivity index (χ2n) is 9.51. The van der Waals surface area contributed by atoms with E-state index in [2.05, 4.69) is 12.2 Å². The molecule has 1 aliphatic heterocycles. The maximum Gasteiger partial charge on any atom is 0.271 e. The molecule has 2 aromatic heterocycles. The number of rotatable bonds is 4. The topological polar surface area (TPSA) is 54.3 Å². The number of thiophene rings is 1. The smallest absolute Gasteiger partial charge is 0.271 e. The van der Waals surface area contributed by atoms with E-state index in [1.165, 1.54) is 0 Å². The Morgan fingerprint density at radius 2 is 1.91 bits per heavy atom. The molecular weight excluding hydrogens is 442 g/mol. The molecule has 168 valence electrons. The molecule has 2 amide bonds. The number of benzene rings is 1. The van der Waals surface area contributed by atoms with Gasteiger partial charge in [-0.1, -0.05) is 30.7 Å². The van der Waals surface area contributed by atoms with Gasteiger partial charge in [0.05, 0.1) is 16.8 Å². The van der Waals surface area contributed by atoms with Gasteiger partial charge in [-0.25, -0.2) is 0 Å². The third-order valence-electron chi connectivity index (χ3n) is 7.14. The van der Waals surface area contributed by atoms with Crippen LogP contribution in [0, 0.1) is 5.92 Å². The van der Waals surface area contributed by atoms with Crippen LogP contribution in [0.5, 0.6) is 0 Å². The number of hydrogen-bond acceptors (Lipinski definition) is 3. The molecule has 1 N–H and O–H groups in total. The Balaban J connectivity index is 1.50. The Morgan fingerprint density at radius 3 is 2.62 bits per heavy atom. The number of nitrogens with zero attached hydrogens (tertiary/aromatic N) is 2. The summed E-state index contributed by atoms with van der Waals surface area (Å²) < 4.78 is 3.10. The maximum absolute atomic E-state index is 13.7. The fraction of sp³-hybridized carbons (Fsp3) is 0.440. The van der Waals surface area contributed by atoms with Gasteiger partial charge in [0.2, 0.25) is 5.91 Å². The molecule has 32 heavy (non-hydrogen) atoms. The van der Waals surface area contributed by atoms with Gasteiger partial charge in [-0.2, -0.15) is 0 Å². The molecule has 0 unspecified atom stereocenters. The summed E-state index contributed by atoms with van der Waals surface area (Å²) in [6, 6.07) is 11.7. The summed E-state index contributed by atoms with van der Waals surface area (Å²) in [6.07, 6.45) is 4.26. The van der Waals surface area contributed by atoms with Crippen molar-refractivity contribution in [1.82, 2.24) is 14.8 Å². The van der Waals surface area contributed by atoms with Crippen molar-refractivity contribution in [2.24, 2.45) is 5.92 Å². The zero-order valence-electron chi connectivity index (χ0n) is 18.4. The molecule has 1 aliphatic carbocycles. The van der Waals surface area contributed by atoms with E-state index in [9.17, 15) is 9.59 Å². The first-order valence-corrected chi connectivity index (χ1v) is 12.5. The highest BCUT2D eigenvalue weighted by Crippen LogP contribution is 2.36. The monoisotopic (exact) mass is 469 g/mol. The van der Waals surface area contributed by atoms with Crippen molar-refractivity contribution >= 4 is 45.0 Å². The predicted molar refractivity (Wildman–Crippen MR) is 129 cm³/mol. The van der Waals surface area contributed by atoms with Crippen molar-refractivity contribution in [3.05, 3.63) is 58.1 Å². The third kappa shape index (κ3) is 3.73. The van der Waals surface area contributed by atoms with Gasteiger partial charge >= 0.3 is 0 Å². The summed E-state index contributed by atoms with van der Waals surface area (Å²) in [5.74, 6) is 0.539. The highest BCUT2D eigenvalue weighted by atomic mass is 35.5. The quantitative estimate of drug-likeness (QED) is 0.551. The van der Waals surface area contributed by atoms with Crippen molar-refractivity contribution in [2.45, 2.75) is 64.2 Å². The summed E-state index contributed by atoms with van der Waals surface area (Å²) >= 11 is 7.68. The van der Waals surface area contributed by atoms with Gasteiger partial charge < -0.3 is 14.8 Å². The van der Waals surface area contributed by atoms with Crippen LogP contribution in [0.15, 0.2) is 41.8 Å². The standard InChI is InChI=1S/C25H28ClN3O2S/c1-16-3-9-19(10-4-16)27-24(31)25(2)15-28-20-11-12-32-22(20)13-21(28)23(30)29(25)14-17-5-7-18(26)8-6-17/h5-8,11-13,16,19H,3-4,9-10,14-15H2,1-2H3,(H,27,31)/t16?,19?,25-/m0/s1. The first-order valence-electron chi connectivity index (χ1n) is 11.3. The first-order chi connectivity index (χ1) is 15.3. The number of amides is 2. The number of hydrogen-bond donors (Lipinski definition) is 1. The minimum absolute atomic E-state index is 0.0675. The molecule has 0 saturated heterocycles.